The summed E-state index contributed by atoms with van der Waals surface area (Å²) in [5.74, 6) is 2.88. The van der Waals surface area contributed by atoms with Crippen molar-refractivity contribution in [1.29, 1.82) is 0 Å². The van der Waals surface area contributed by atoms with Gasteiger partial charge in [0.2, 0.25) is 0 Å². The molecule has 1 amide bonds. The lowest BCUT2D eigenvalue weighted by atomic mass is 9.96. The number of hydrogen-bond donors (Lipinski definition) is 1. The monoisotopic (exact) mass is 391 g/mol. The zero-order valence-electron chi connectivity index (χ0n) is 15.8. The van der Waals surface area contributed by atoms with Gasteiger partial charge < -0.3 is 10.1 Å². The lowest BCUT2D eigenvalue weighted by Crippen LogP contribution is -2.26. The van der Waals surface area contributed by atoms with E-state index in [0.29, 0.717) is 12.5 Å². The van der Waals surface area contributed by atoms with E-state index >= 15 is 0 Å². The highest BCUT2D eigenvalue weighted by atomic mass is 35.5. The van der Waals surface area contributed by atoms with Crippen LogP contribution >= 0.6 is 23.4 Å². The number of benzene rings is 2. The fraction of sp³-hybridized carbons (Fsp3) is 0.381. The number of amides is 1. The van der Waals surface area contributed by atoms with Gasteiger partial charge in [0, 0.05) is 28.6 Å². The summed E-state index contributed by atoms with van der Waals surface area (Å²) >= 11 is 7.68. The van der Waals surface area contributed by atoms with Crippen LogP contribution in [-0.4, -0.2) is 25.3 Å². The molecule has 140 valence electrons. The Labute approximate surface area is 165 Å². The first-order valence-corrected chi connectivity index (χ1v) is 10.2. The van der Waals surface area contributed by atoms with Crippen LogP contribution in [0.15, 0.2) is 36.4 Å². The van der Waals surface area contributed by atoms with Gasteiger partial charge in [0.25, 0.3) is 5.91 Å². The SMILES string of the molecule is COc1cc(C)c(C(=O)NCCSCc2ccc(Cl)cc2)cc1C(C)C. The Morgan fingerprint density at radius 3 is 2.54 bits per heavy atom. The van der Waals surface area contributed by atoms with Crippen molar-refractivity contribution in [2.45, 2.75) is 32.4 Å². The molecular formula is C21H26ClNO2S. The maximum absolute atomic E-state index is 12.5. The van der Waals surface area contributed by atoms with Crippen LogP contribution in [0.4, 0.5) is 0 Å². The van der Waals surface area contributed by atoms with Crippen LogP contribution in [0.3, 0.4) is 0 Å². The van der Waals surface area contributed by atoms with Gasteiger partial charge >= 0.3 is 0 Å². The van der Waals surface area contributed by atoms with E-state index in [9.17, 15) is 4.79 Å². The van der Waals surface area contributed by atoms with Crippen molar-refractivity contribution in [2.24, 2.45) is 0 Å². The summed E-state index contributed by atoms with van der Waals surface area (Å²) in [5, 5.41) is 3.77. The molecule has 0 aliphatic rings. The first kappa shape index (κ1) is 20.7. The average molecular weight is 392 g/mol. The maximum Gasteiger partial charge on any atom is 0.251 e. The fourth-order valence-corrected chi connectivity index (χ4v) is 3.62. The lowest BCUT2D eigenvalue weighted by molar-refractivity contribution is 0.0955. The van der Waals surface area contributed by atoms with Gasteiger partial charge in [0.1, 0.15) is 5.75 Å². The van der Waals surface area contributed by atoms with E-state index < -0.39 is 0 Å². The molecule has 2 aromatic carbocycles. The van der Waals surface area contributed by atoms with Crippen molar-refractivity contribution in [1.82, 2.24) is 5.32 Å². The van der Waals surface area contributed by atoms with Gasteiger partial charge in [0.15, 0.2) is 0 Å². The minimum absolute atomic E-state index is 0.0286. The van der Waals surface area contributed by atoms with Gasteiger partial charge in [-0.2, -0.15) is 11.8 Å². The molecule has 5 heteroatoms. The number of ether oxygens (including phenoxy) is 1. The molecule has 1 N–H and O–H groups in total. The Hall–Kier alpha value is -1.65. The number of hydrogen-bond acceptors (Lipinski definition) is 3. The second kappa shape index (κ2) is 9.89. The third-order valence-corrected chi connectivity index (χ3v) is 5.44. The standard InChI is InChI=1S/C21H26ClNO2S/c1-14(2)18-12-19(15(3)11-20(18)25-4)21(24)23-9-10-26-13-16-5-7-17(22)8-6-16/h5-8,11-12,14H,9-10,13H2,1-4H3,(H,23,24). The Morgan fingerprint density at radius 2 is 1.92 bits per heavy atom. The molecule has 26 heavy (non-hydrogen) atoms. The molecule has 0 fully saturated rings. The predicted molar refractivity (Wildman–Crippen MR) is 112 cm³/mol. The summed E-state index contributed by atoms with van der Waals surface area (Å²) < 4.78 is 5.44. The smallest absolute Gasteiger partial charge is 0.251 e. The van der Waals surface area contributed by atoms with Crippen molar-refractivity contribution in [2.75, 3.05) is 19.4 Å². The van der Waals surface area contributed by atoms with Crippen LogP contribution in [-0.2, 0) is 5.75 Å². The third-order valence-electron chi connectivity index (χ3n) is 4.16. The minimum atomic E-state index is -0.0286. The topological polar surface area (TPSA) is 38.3 Å². The Kier molecular flexibility index (Phi) is 7.85. The first-order valence-electron chi connectivity index (χ1n) is 8.71. The molecule has 0 aromatic heterocycles. The van der Waals surface area contributed by atoms with E-state index in [1.807, 2.05) is 43.3 Å². The summed E-state index contributed by atoms with van der Waals surface area (Å²) in [6, 6.07) is 11.8. The Balaban J connectivity index is 1.87. The summed E-state index contributed by atoms with van der Waals surface area (Å²) in [6.45, 7) is 6.78. The molecule has 0 unspecified atom stereocenters. The molecule has 0 spiro atoms. The van der Waals surface area contributed by atoms with E-state index in [4.69, 9.17) is 16.3 Å². The second-order valence-electron chi connectivity index (χ2n) is 6.50. The zero-order chi connectivity index (χ0) is 19.1. The lowest BCUT2D eigenvalue weighted by Gasteiger charge is -2.16. The average Bonchev–Trinajstić information content (AvgIpc) is 2.62. The summed E-state index contributed by atoms with van der Waals surface area (Å²) in [5.41, 5.74) is 3.94. The second-order valence-corrected chi connectivity index (χ2v) is 8.04. The number of carbonyl (C=O) groups is 1. The van der Waals surface area contributed by atoms with E-state index in [1.165, 1.54) is 5.56 Å². The van der Waals surface area contributed by atoms with Crippen LogP contribution in [0.5, 0.6) is 5.75 Å². The van der Waals surface area contributed by atoms with Crippen LogP contribution in [0.25, 0.3) is 0 Å². The van der Waals surface area contributed by atoms with Gasteiger partial charge in [-0.05, 0) is 53.8 Å². The van der Waals surface area contributed by atoms with Crippen molar-refractivity contribution in [3.63, 3.8) is 0 Å². The van der Waals surface area contributed by atoms with E-state index in [1.54, 1.807) is 18.9 Å². The molecule has 0 aliphatic heterocycles. The molecule has 3 nitrogen and oxygen atoms in total. The highest BCUT2D eigenvalue weighted by Crippen LogP contribution is 2.29. The largest absolute Gasteiger partial charge is 0.496 e. The van der Waals surface area contributed by atoms with Crippen molar-refractivity contribution in [3.8, 4) is 5.75 Å². The first-order chi connectivity index (χ1) is 12.4. The number of carbonyl (C=O) groups excluding carboxylic acids is 1. The van der Waals surface area contributed by atoms with Crippen molar-refractivity contribution in [3.05, 3.63) is 63.7 Å². The summed E-state index contributed by atoms with van der Waals surface area (Å²) in [4.78, 5) is 12.5. The minimum Gasteiger partial charge on any atom is -0.496 e. The molecule has 0 saturated heterocycles. The van der Waals surface area contributed by atoms with Crippen molar-refractivity contribution < 1.29 is 9.53 Å². The van der Waals surface area contributed by atoms with Crippen LogP contribution in [0, 0.1) is 6.92 Å². The number of halogens is 1. The molecule has 0 bridgehead atoms. The molecule has 2 aromatic rings. The molecule has 0 heterocycles. The predicted octanol–water partition coefficient (Wildman–Crippen LogP) is 5.44. The van der Waals surface area contributed by atoms with Gasteiger partial charge in [-0.15, -0.1) is 0 Å². The number of nitrogens with one attached hydrogen (secondary N) is 1. The Bertz CT molecular complexity index is 744. The number of thioether (sulfide) groups is 1. The summed E-state index contributed by atoms with van der Waals surface area (Å²) in [7, 11) is 1.66. The quantitative estimate of drug-likeness (QED) is 0.608. The van der Waals surface area contributed by atoms with E-state index in [-0.39, 0.29) is 5.91 Å². The van der Waals surface area contributed by atoms with Crippen molar-refractivity contribution >= 4 is 29.3 Å². The van der Waals surface area contributed by atoms with Gasteiger partial charge in [-0.25, -0.2) is 0 Å². The molecule has 2 rings (SSSR count). The third kappa shape index (κ3) is 5.68. The molecule has 0 atom stereocenters. The maximum atomic E-state index is 12.5. The normalized spacial score (nSPS) is 10.8. The van der Waals surface area contributed by atoms with Crippen LogP contribution in [0.1, 0.15) is 46.8 Å². The van der Waals surface area contributed by atoms with Crippen LogP contribution < -0.4 is 10.1 Å². The molecular weight excluding hydrogens is 366 g/mol. The highest BCUT2D eigenvalue weighted by molar-refractivity contribution is 7.98. The van der Waals surface area contributed by atoms with Gasteiger partial charge in [-0.1, -0.05) is 37.6 Å². The summed E-state index contributed by atoms with van der Waals surface area (Å²) in [6.07, 6.45) is 0. The van der Waals surface area contributed by atoms with Crippen LogP contribution in [0.2, 0.25) is 5.02 Å². The fourth-order valence-electron chi connectivity index (χ4n) is 2.67. The molecule has 0 radical (unpaired) electrons. The number of methoxy groups -OCH3 is 1. The van der Waals surface area contributed by atoms with Gasteiger partial charge in [0.05, 0.1) is 7.11 Å². The number of rotatable bonds is 8. The highest BCUT2D eigenvalue weighted by Gasteiger charge is 2.15. The zero-order valence-corrected chi connectivity index (χ0v) is 17.3. The molecule has 0 saturated carbocycles. The Morgan fingerprint density at radius 1 is 1.23 bits per heavy atom. The van der Waals surface area contributed by atoms with E-state index in [2.05, 4.69) is 19.2 Å². The van der Waals surface area contributed by atoms with Gasteiger partial charge in [-0.3, -0.25) is 4.79 Å². The number of aryl methyl sites for hydroxylation is 1. The molecule has 0 aliphatic carbocycles. The van der Waals surface area contributed by atoms with E-state index in [0.717, 1.165) is 39.0 Å².